The first-order valence-corrected chi connectivity index (χ1v) is 8.87. The lowest BCUT2D eigenvalue weighted by Crippen LogP contribution is -2.42. The molecule has 0 N–H and O–H groups in total. The van der Waals surface area contributed by atoms with E-state index >= 15 is 0 Å². The zero-order valence-electron chi connectivity index (χ0n) is 13.1. The predicted octanol–water partition coefficient (Wildman–Crippen LogP) is 2.19. The van der Waals surface area contributed by atoms with E-state index in [2.05, 4.69) is 25.2 Å². The lowest BCUT2D eigenvalue weighted by Gasteiger charge is -2.32. The summed E-state index contributed by atoms with van der Waals surface area (Å²) in [5, 5.41) is 3.13. The molecule has 2 saturated heterocycles. The van der Waals surface area contributed by atoms with Gasteiger partial charge in [0.1, 0.15) is 12.2 Å². The van der Waals surface area contributed by atoms with E-state index in [1.165, 1.54) is 0 Å². The maximum Gasteiger partial charge on any atom is 0.225 e. The minimum absolute atomic E-state index is 0.0334. The third kappa shape index (κ3) is 3.08. The molecule has 23 heavy (non-hydrogen) atoms. The minimum atomic E-state index is 0.0334. The average Bonchev–Trinajstić information content (AvgIpc) is 3.17. The zero-order valence-corrected chi connectivity index (χ0v) is 13.9. The quantitative estimate of drug-likeness (QED) is 0.855. The van der Waals surface area contributed by atoms with Crippen molar-refractivity contribution in [2.75, 3.05) is 18.1 Å². The molecule has 2 aromatic rings. The van der Waals surface area contributed by atoms with Crippen LogP contribution in [-0.4, -0.2) is 46.4 Å². The molecule has 2 aromatic heterocycles. The summed E-state index contributed by atoms with van der Waals surface area (Å²) in [4.78, 5) is 15.5. The van der Waals surface area contributed by atoms with Crippen molar-refractivity contribution >= 4 is 17.3 Å². The number of anilines is 1. The molecule has 7 heteroatoms. The highest BCUT2D eigenvalue weighted by Gasteiger charge is 2.45. The second kappa shape index (κ2) is 6.51. The molecule has 0 aromatic carbocycles. The summed E-state index contributed by atoms with van der Waals surface area (Å²) in [7, 11) is 0. The summed E-state index contributed by atoms with van der Waals surface area (Å²) >= 11 is 1.65. The Kier molecular flexibility index (Phi) is 4.24. The van der Waals surface area contributed by atoms with Crippen molar-refractivity contribution in [3.05, 3.63) is 34.5 Å². The normalized spacial score (nSPS) is 27.2. The summed E-state index contributed by atoms with van der Waals surface area (Å²) in [6.07, 6.45) is 5.86. The molecule has 0 bridgehead atoms. The Morgan fingerprint density at radius 1 is 1.39 bits per heavy atom. The highest BCUT2D eigenvalue weighted by Crippen LogP contribution is 2.33. The fourth-order valence-electron chi connectivity index (χ4n) is 3.39. The average molecular weight is 332 g/mol. The Bertz CT molecular complexity index is 651. The van der Waals surface area contributed by atoms with Gasteiger partial charge >= 0.3 is 0 Å². The van der Waals surface area contributed by atoms with E-state index in [1.54, 1.807) is 23.7 Å². The van der Waals surface area contributed by atoms with Crippen LogP contribution in [-0.2, 0) is 16.1 Å². The molecule has 2 aliphatic heterocycles. The summed E-state index contributed by atoms with van der Waals surface area (Å²) < 4.78 is 12.2. The highest BCUT2D eigenvalue weighted by molar-refractivity contribution is 7.09. The van der Waals surface area contributed by atoms with E-state index < -0.39 is 0 Å². The van der Waals surface area contributed by atoms with Gasteiger partial charge in [0, 0.05) is 24.4 Å². The maximum absolute atomic E-state index is 6.15. The second-order valence-electron chi connectivity index (χ2n) is 5.95. The Morgan fingerprint density at radius 3 is 3.04 bits per heavy atom. The molecule has 122 valence electrons. The molecule has 0 spiro atoms. The van der Waals surface area contributed by atoms with Crippen molar-refractivity contribution in [2.45, 2.75) is 44.6 Å². The third-order valence-electron chi connectivity index (χ3n) is 4.40. The van der Waals surface area contributed by atoms with Crippen LogP contribution < -0.4 is 4.90 Å². The summed E-state index contributed by atoms with van der Waals surface area (Å²) in [6, 6.07) is 2.14. The molecule has 0 saturated carbocycles. The first-order valence-electron chi connectivity index (χ1n) is 7.99. The van der Waals surface area contributed by atoms with Gasteiger partial charge in [-0.25, -0.2) is 15.0 Å². The molecule has 0 radical (unpaired) electrons. The Hall–Kier alpha value is -1.57. The molecule has 0 aliphatic carbocycles. The molecular formula is C16H20N4O2S. The van der Waals surface area contributed by atoms with Crippen LogP contribution in [0.2, 0.25) is 0 Å². The fraction of sp³-hybridized carbons (Fsp3) is 0.562. The molecule has 2 aliphatic rings. The van der Waals surface area contributed by atoms with Crippen molar-refractivity contribution in [2.24, 2.45) is 0 Å². The number of ether oxygens (including phenoxy) is 2. The number of aryl methyl sites for hydroxylation is 1. The molecule has 4 rings (SSSR count). The van der Waals surface area contributed by atoms with Crippen LogP contribution in [0.1, 0.15) is 23.5 Å². The number of fused-ring (bicyclic) bond motifs is 1. The Labute approximate surface area is 139 Å². The van der Waals surface area contributed by atoms with Gasteiger partial charge < -0.3 is 14.4 Å². The van der Waals surface area contributed by atoms with Gasteiger partial charge in [0.2, 0.25) is 5.95 Å². The first-order chi connectivity index (χ1) is 11.3. The number of hydrogen-bond acceptors (Lipinski definition) is 7. The predicted molar refractivity (Wildman–Crippen MR) is 87.6 cm³/mol. The molecule has 0 unspecified atom stereocenters. The SMILES string of the molecule is Cc1nc(CO[C@H]2CN(c3ncccn3)[C@@H]3CCCO[C@H]23)cs1. The number of aromatic nitrogens is 3. The number of rotatable bonds is 4. The Balaban J connectivity index is 1.49. The molecule has 2 fully saturated rings. The maximum atomic E-state index is 6.15. The first kappa shape index (κ1) is 15.0. The van der Waals surface area contributed by atoms with Crippen molar-refractivity contribution in [3.63, 3.8) is 0 Å². The molecule has 6 nitrogen and oxygen atoms in total. The van der Waals surface area contributed by atoms with Crippen molar-refractivity contribution in [1.29, 1.82) is 0 Å². The van der Waals surface area contributed by atoms with Gasteiger partial charge in [-0.15, -0.1) is 11.3 Å². The van der Waals surface area contributed by atoms with Gasteiger partial charge in [0.15, 0.2) is 0 Å². The second-order valence-corrected chi connectivity index (χ2v) is 7.02. The van der Waals surface area contributed by atoms with Crippen LogP contribution in [0.3, 0.4) is 0 Å². The van der Waals surface area contributed by atoms with Crippen LogP contribution in [0.5, 0.6) is 0 Å². The standard InChI is InChI=1S/C16H20N4O2S/c1-11-19-12(10-23-11)9-22-14-8-20(16-17-5-3-6-18-16)13-4-2-7-21-15(13)14/h3,5-6,10,13-15H,2,4,7-9H2,1H3/t13-,14+,15+/m1/s1. The molecule has 0 amide bonds. The molecular weight excluding hydrogens is 312 g/mol. The van der Waals surface area contributed by atoms with Gasteiger partial charge in [-0.1, -0.05) is 0 Å². The van der Waals surface area contributed by atoms with Gasteiger partial charge in [-0.2, -0.15) is 0 Å². The zero-order chi connectivity index (χ0) is 15.6. The summed E-state index contributed by atoms with van der Waals surface area (Å²) in [5.74, 6) is 0.767. The van der Waals surface area contributed by atoms with Crippen LogP contribution in [0.4, 0.5) is 5.95 Å². The number of nitrogens with zero attached hydrogens (tertiary/aromatic N) is 4. The smallest absolute Gasteiger partial charge is 0.225 e. The summed E-state index contributed by atoms with van der Waals surface area (Å²) in [6.45, 7) is 4.12. The third-order valence-corrected chi connectivity index (χ3v) is 5.22. The molecule has 4 heterocycles. The lowest BCUT2D eigenvalue weighted by molar-refractivity contribution is -0.0789. The van der Waals surface area contributed by atoms with E-state index in [0.29, 0.717) is 12.6 Å². The van der Waals surface area contributed by atoms with Crippen LogP contribution in [0.15, 0.2) is 23.8 Å². The lowest BCUT2D eigenvalue weighted by atomic mass is 10.0. The van der Waals surface area contributed by atoms with E-state index in [1.807, 2.05) is 13.0 Å². The highest BCUT2D eigenvalue weighted by atomic mass is 32.1. The summed E-state index contributed by atoms with van der Waals surface area (Å²) in [5.41, 5.74) is 0.995. The fourth-order valence-corrected chi connectivity index (χ4v) is 3.99. The topological polar surface area (TPSA) is 60.4 Å². The van der Waals surface area contributed by atoms with Crippen LogP contribution >= 0.6 is 11.3 Å². The van der Waals surface area contributed by atoms with Crippen molar-refractivity contribution in [1.82, 2.24) is 15.0 Å². The minimum Gasteiger partial charge on any atom is -0.373 e. The molecule has 3 atom stereocenters. The van der Waals surface area contributed by atoms with Crippen LogP contribution in [0, 0.1) is 6.92 Å². The number of thiazole rings is 1. The van der Waals surface area contributed by atoms with Gasteiger partial charge in [0.25, 0.3) is 0 Å². The van der Waals surface area contributed by atoms with E-state index in [4.69, 9.17) is 9.47 Å². The van der Waals surface area contributed by atoms with Gasteiger partial charge in [-0.05, 0) is 25.8 Å². The van der Waals surface area contributed by atoms with Crippen LogP contribution in [0.25, 0.3) is 0 Å². The monoisotopic (exact) mass is 332 g/mol. The van der Waals surface area contributed by atoms with Gasteiger partial charge in [0.05, 0.1) is 29.9 Å². The van der Waals surface area contributed by atoms with E-state index in [9.17, 15) is 0 Å². The number of hydrogen-bond donors (Lipinski definition) is 0. The van der Waals surface area contributed by atoms with Gasteiger partial charge in [-0.3, -0.25) is 0 Å². The van der Waals surface area contributed by atoms with E-state index in [0.717, 1.165) is 42.6 Å². The van der Waals surface area contributed by atoms with E-state index in [-0.39, 0.29) is 12.2 Å². The Morgan fingerprint density at radius 2 is 2.26 bits per heavy atom. The van der Waals surface area contributed by atoms with Crippen molar-refractivity contribution in [3.8, 4) is 0 Å². The van der Waals surface area contributed by atoms with Crippen molar-refractivity contribution < 1.29 is 9.47 Å². The largest absolute Gasteiger partial charge is 0.373 e.